The van der Waals surface area contributed by atoms with E-state index in [0.717, 1.165) is 39.5 Å². The monoisotopic (exact) mass is 293 g/mol. The van der Waals surface area contributed by atoms with Gasteiger partial charge < -0.3 is 14.8 Å². The minimum absolute atomic E-state index is 0.575. The molecule has 0 amide bonds. The number of aromatic nitrogens is 2. The molecule has 4 rings (SSSR count). The molecular weight excluding hydrogens is 278 g/mol. The van der Waals surface area contributed by atoms with Gasteiger partial charge in [0.05, 0.1) is 5.52 Å². The third-order valence-electron chi connectivity index (χ3n) is 3.68. The molecular formula is C17H15N3O2. The van der Waals surface area contributed by atoms with E-state index in [2.05, 4.69) is 28.3 Å². The lowest BCUT2D eigenvalue weighted by atomic mass is 10.1. The van der Waals surface area contributed by atoms with Gasteiger partial charge in [0.2, 0.25) is 0 Å². The normalized spacial score (nSPS) is 13.1. The highest BCUT2D eigenvalue weighted by molar-refractivity contribution is 5.93. The molecule has 22 heavy (non-hydrogen) atoms. The van der Waals surface area contributed by atoms with E-state index in [9.17, 15) is 0 Å². The molecule has 110 valence electrons. The highest BCUT2D eigenvalue weighted by atomic mass is 16.6. The fraction of sp³-hybridized carbons (Fsp3) is 0.176. The Balaban J connectivity index is 1.75. The molecule has 0 radical (unpaired) electrons. The van der Waals surface area contributed by atoms with Gasteiger partial charge in [-0.2, -0.15) is 0 Å². The number of benzene rings is 2. The van der Waals surface area contributed by atoms with Gasteiger partial charge in [-0.05, 0) is 30.7 Å². The van der Waals surface area contributed by atoms with Crippen molar-refractivity contribution in [2.75, 3.05) is 18.5 Å². The number of anilines is 2. The summed E-state index contributed by atoms with van der Waals surface area (Å²) in [5.41, 5.74) is 2.97. The van der Waals surface area contributed by atoms with E-state index >= 15 is 0 Å². The third-order valence-corrected chi connectivity index (χ3v) is 3.68. The Morgan fingerprint density at radius 3 is 2.77 bits per heavy atom. The second kappa shape index (κ2) is 5.18. The number of fused-ring (bicyclic) bond motifs is 2. The van der Waals surface area contributed by atoms with E-state index in [-0.39, 0.29) is 0 Å². The Labute approximate surface area is 127 Å². The summed E-state index contributed by atoms with van der Waals surface area (Å²) < 4.78 is 11.2. The molecule has 0 saturated heterocycles. The fourth-order valence-corrected chi connectivity index (χ4v) is 2.63. The quantitative estimate of drug-likeness (QED) is 0.784. The Kier molecular flexibility index (Phi) is 3.04. The Morgan fingerprint density at radius 1 is 1.00 bits per heavy atom. The van der Waals surface area contributed by atoms with Gasteiger partial charge in [-0.1, -0.05) is 12.1 Å². The van der Waals surface area contributed by atoms with Gasteiger partial charge in [-0.25, -0.2) is 9.97 Å². The molecule has 0 unspecified atom stereocenters. The minimum Gasteiger partial charge on any atom is -0.486 e. The van der Waals surface area contributed by atoms with Crippen LogP contribution >= 0.6 is 0 Å². The van der Waals surface area contributed by atoms with Crippen molar-refractivity contribution < 1.29 is 9.47 Å². The van der Waals surface area contributed by atoms with E-state index in [0.29, 0.717) is 13.2 Å². The van der Waals surface area contributed by atoms with Crippen LogP contribution in [0.15, 0.2) is 42.7 Å². The zero-order valence-corrected chi connectivity index (χ0v) is 12.2. The van der Waals surface area contributed by atoms with Crippen molar-refractivity contribution in [3.05, 3.63) is 48.3 Å². The van der Waals surface area contributed by atoms with Crippen LogP contribution in [0.5, 0.6) is 11.5 Å². The topological polar surface area (TPSA) is 56.3 Å². The van der Waals surface area contributed by atoms with Gasteiger partial charge in [-0.15, -0.1) is 0 Å². The molecule has 1 aliphatic rings. The summed E-state index contributed by atoms with van der Waals surface area (Å²) in [5, 5.41) is 4.38. The number of nitrogens with one attached hydrogen (secondary N) is 1. The maximum atomic E-state index is 5.62. The first-order valence-electron chi connectivity index (χ1n) is 7.18. The molecule has 0 atom stereocenters. The Bertz CT molecular complexity index is 843. The van der Waals surface area contributed by atoms with Crippen LogP contribution in [0.1, 0.15) is 5.56 Å². The summed E-state index contributed by atoms with van der Waals surface area (Å²) >= 11 is 0. The summed E-state index contributed by atoms with van der Waals surface area (Å²) in [6.45, 7) is 3.22. The van der Waals surface area contributed by atoms with Gasteiger partial charge in [0, 0.05) is 17.1 Å². The third kappa shape index (κ3) is 2.20. The van der Waals surface area contributed by atoms with Crippen molar-refractivity contribution in [3.8, 4) is 11.5 Å². The van der Waals surface area contributed by atoms with Crippen LogP contribution < -0.4 is 14.8 Å². The number of ether oxygens (including phenoxy) is 2. The second-order valence-electron chi connectivity index (χ2n) is 5.17. The molecule has 0 saturated carbocycles. The molecule has 3 aromatic rings. The summed E-state index contributed by atoms with van der Waals surface area (Å²) in [6.07, 6.45) is 1.57. The van der Waals surface area contributed by atoms with E-state index in [1.54, 1.807) is 6.33 Å². The van der Waals surface area contributed by atoms with Crippen molar-refractivity contribution in [2.24, 2.45) is 0 Å². The van der Waals surface area contributed by atoms with Gasteiger partial charge in [0.25, 0.3) is 0 Å². The van der Waals surface area contributed by atoms with Crippen molar-refractivity contribution in [1.29, 1.82) is 0 Å². The molecule has 0 spiro atoms. The van der Waals surface area contributed by atoms with Gasteiger partial charge >= 0.3 is 0 Å². The Hall–Kier alpha value is -2.82. The van der Waals surface area contributed by atoms with Crippen LogP contribution in [0.3, 0.4) is 0 Å². The lowest BCUT2D eigenvalue weighted by molar-refractivity contribution is 0.171. The molecule has 0 fully saturated rings. The average Bonchev–Trinajstić information content (AvgIpc) is 2.55. The van der Waals surface area contributed by atoms with Gasteiger partial charge in [0.1, 0.15) is 25.4 Å². The van der Waals surface area contributed by atoms with E-state index < -0.39 is 0 Å². The standard InChI is InChI=1S/C17H15N3O2/c1-11-3-2-4-13-16(11)17(19-10-18-13)20-12-5-6-14-15(9-12)22-8-7-21-14/h2-6,9-10H,7-8H2,1H3,(H,18,19,20). The average molecular weight is 293 g/mol. The van der Waals surface area contributed by atoms with E-state index in [1.165, 1.54) is 0 Å². The van der Waals surface area contributed by atoms with Crippen LogP contribution in [0, 0.1) is 6.92 Å². The predicted molar refractivity (Wildman–Crippen MR) is 85.0 cm³/mol. The zero-order valence-electron chi connectivity index (χ0n) is 12.2. The van der Waals surface area contributed by atoms with Crippen LogP contribution in [0.4, 0.5) is 11.5 Å². The number of rotatable bonds is 2. The maximum Gasteiger partial charge on any atom is 0.163 e. The molecule has 1 aromatic heterocycles. The first kappa shape index (κ1) is 12.9. The van der Waals surface area contributed by atoms with E-state index in [4.69, 9.17) is 9.47 Å². The van der Waals surface area contributed by atoms with Gasteiger partial charge in [-0.3, -0.25) is 0 Å². The molecule has 0 bridgehead atoms. The van der Waals surface area contributed by atoms with Crippen molar-refractivity contribution in [2.45, 2.75) is 6.92 Å². The van der Waals surface area contributed by atoms with E-state index in [1.807, 2.05) is 30.3 Å². The summed E-state index contributed by atoms with van der Waals surface area (Å²) in [4.78, 5) is 8.70. The van der Waals surface area contributed by atoms with Crippen LogP contribution in [0.25, 0.3) is 10.9 Å². The summed E-state index contributed by atoms with van der Waals surface area (Å²) in [5.74, 6) is 2.33. The summed E-state index contributed by atoms with van der Waals surface area (Å²) in [6, 6.07) is 11.8. The second-order valence-corrected chi connectivity index (χ2v) is 5.17. The maximum absolute atomic E-state index is 5.62. The van der Waals surface area contributed by atoms with Crippen LogP contribution in [0.2, 0.25) is 0 Å². The Morgan fingerprint density at radius 2 is 1.86 bits per heavy atom. The molecule has 5 nitrogen and oxygen atoms in total. The first-order valence-corrected chi connectivity index (χ1v) is 7.18. The first-order chi connectivity index (χ1) is 10.8. The number of hydrogen-bond acceptors (Lipinski definition) is 5. The van der Waals surface area contributed by atoms with Crippen LogP contribution in [-0.4, -0.2) is 23.2 Å². The van der Waals surface area contributed by atoms with Crippen LogP contribution in [-0.2, 0) is 0 Å². The minimum atomic E-state index is 0.575. The molecule has 1 N–H and O–H groups in total. The number of aryl methyl sites for hydroxylation is 1. The van der Waals surface area contributed by atoms with Gasteiger partial charge in [0.15, 0.2) is 11.5 Å². The molecule has 5 heteroatoms. The lowest BCUT2D eigenvalue weighted by Crippen LogP contribution is -2.15. The lowest BCUT2D eigenvalue weighted by Gasteiger charge is -2.19. The SMILES string of the molecule is Cc1cccc2ncnc(Nc3ccc4c(c3)OCCO4)c12. The largest absolute Gasteiger partial charge is 0.486 e. The van der Waals surface area contributed by atoms with Crippen molar-refractivity contribution >= 4 is 22.4 Å². The zero-order chi connectivity index (χ0) is 14.9. The molecule has 2 heterocycles. The predicted octanol–water partition coefficient (Wildman–Crippen LogP) is 3.45. The fourth-order valence-electron chi connectivity index (χ4n) is 2.63. The molecule has 2 aromatic carbocycles. The molecule has 1 aliphatic heterocycles. The van der Waals surface area contributed by atoms with Crippen molar-refractivity contribution in [1.82, 2.24) is 9.97 Å². The highest BCUT2D eigenvalue weighted by Gasteiger charge is 2.13. The highest BCUT2D eigenvalue weighted by Crippen LogP contribution is 2.34. The number of hydrogen-bond donors (Lipinski definition) is 1. The smallest absolute Gasteiger partial charge is 0.163 e. The molecule has 0 aliphatic carbocycles. The number of nitrogens with zero attached hydrogens (tertiary/aromatic N) is 2. The van der Waals surface area contributed by atoms with Crippen molar-refractivity contribution in [3.63, 3.8) is 0 Å². The summed E-state index contributed by atoms with van der Waals surface area (Å²) in [7, 11) is 0.